The van der Waals surface area contributed by atoms with Gasteiger partial charge in [0.1, 0.15) is 11.3 Å². The second-order valence-electron chi connectivity index (χ2n) is 5.49. The highest BCUT2D eigenvalue weighted by molar-refractivity contribution is 7.84. The van der Waals surface area contributed by atoms with E-state index in [4.69, 9.17) is 5.73 Å². The fourth-order valence-corrected chi connectivity index (χ4v) is 3.66. The van der Waals surface area contributed by atoms with Gasteiger partial charge in [0, 0.05) is 37.3 Å². The van der Waals surface area contributed by atoms with Crippen molar-refractivity contribution in [3.8, 4) is 0 Å². The molecule has 0 bridgehead atoms. The van der Waals surface area contributed by atoms with Crippen molar-refractivity contribution in [2.24, 2.45) is 0 Å². The molecule has 0 radical (unpaired) electrons. The summed E-state index contributed by atoms with van der Waals surface area (Å²) in [5.41, 5.74) is 8.77. The Labute approximate surface area is 142 Å². The van der Waals surface area contributed by atoms with E-state index in [-0.39, 0.29) is 0 Å². The number of hydrogen-bond acceptors (Lipinski definition) is 6. The summed E-state index contributed by atoms with van der Waals surface area (Å²) in [6.45, 7) is 4.79. The van der Waals surface area contributed by atoms with E-state index in [0.717, 1.165) is 41.8 Å². The van der Waals surface area contributed by atoms with E-state index >= 15 is 0 Å². The second-order valence-corrected chi connectivity index (χ2v) is 6.96. The molecule has 0 amide bonds. The van der Waals surface area contributed by atoms with Crippen LogP contribution in [0.5, 0.6) is 0 Å². The number of nitrogens with two attached hydrogens (primary N) is 1. The molecule has 1 atom stereocenters. The first-order valence-corrected chi connectivity index (χ1v) is 9.19. The average Bonchev–Trinajstić information content (AvgIpc) is 2.99. The molecule has 0 aliphatic rings. The van der Waals surface area contributed by atoms with Gasteiger partial charge in [-0.3, -0.25) is 4.21 Å². The summed E-state index contributed by atoms with van der Waals surface area (Å²) in [4.78, 5) is 16.9. The highest BCUT2D eigenvalue weighted by Gasteiger charge is 2.15. The van der Waals surface area contributed by atoms with Crippen molar-refractivity contribution in [1.29, 1.82) is 0 Å². The van der Waals surface area contributed by atoms with Gasteiger partial charge in [-0.2, -0.15) is 0 Å². The van der Waals surface area contributed by atoms with E-state index in [2.05, 4.69) is 31.4 Å². The molecule has 3 aromatic rings. The van der Waals surface area contributed by atoms with Crippen LogP contribution in [0.2, 0.25) is 0 Å². The number of anilines is 1. The minimum Gasteiger partial charge on any atom is -0.382 e. The Kier molecular flexibility index (Phi) is 4.84. The standard InChI is InChI=1S/C16H20N6OS/c1-3-12-21-13-14(11(2)10-20-15(13)17)22(12)8-5-9-24(23)16-18-6-4-7-19-16/h4,6-7,10H,3,5,8-9H2,1-2H3,(H2,17,20). The normalized spacial score (nSPS) is 12.6. The lowest BCUT2D eigenvalue weighted by Gasteiger charge is -2.09. The molecular formula is C16H20N6OS. The van der Waals surface area contributed by atoms with Gasteiger partial charge in [-0.05, 0) is 25.0 Å². The van der Waals surface area contributed by atoms with Crippen LogP contribution in [0.3, 0.4) is 0 Å². The van der Waals surface area contributed by atoms with Crippen molar-refractivity contribution in [2.45, 2.75) is 38.4 Å². The zero-order chi connectivity index (χ0) is 17.1. The van der Waals surface area contributed by atoms with Crippen LogP contribution in [-0.4, -0.2) is 34.5 Å². The molecule has 8 heteroatoms. The van der Waals surface area contributed by atoms with Gasteiger partial charge < -0.3 is 10.3 Å². The SMILES string of the molecule is CCc1nc2c(N)ncc(C)c2n1CCCS(=O)c1ncccn1. The Morgan fingerprint density at radius 1 is 1.25 bits per heavy atom. The molecule has 0 spiro atoms. The number of nitrogen functional groups attached to an aromatic ring is 1. The second kappa shape index (κ2) is 7.04. The number of fused-ring (bicyclic) bond motifs is 1. The zero-order valence-corrected chi connectivity index (χ0v) is 14.6. The Bertz CT molecular complexity index is 877. The van der Waals surface area contributed by atoms with E-state index in [9.17, 15) is 4.21 Å². The third kappa shape index (κ3) is 3.14. The lowest BCUT2D eigenvalue weighted by atomic mass is 10.2. The van der Waals surface area contributed by atoms with Crippen molar-refractivity contribution in [1.82, 2.24) is 24.5 Å². The molecule has 3 aromatic heterocycles. The molecule has 24 heavy (non-hydrogen) atoms. The predicted octanol–water partition coefficient (Wildman–Crippen LogP) is 1.87. The predicted molar refractivity (Wildman–Crippen MR) is 94.0 cm³/mol. The molecule has 2 N–H and O–H groups in total. The molecule has 0 fully saturated rings. The van der Waals surface area contributed by atoms with Crippen molar-refractivity contribution >= 4 is 27.7 Å². The van der Waals surface area contributed by atoms with E-state index in [1.54, 1.807) is 24.7 Å². The van der Waals surface area contributed by atoms with Gasteiger partial charge in [0.15, 0.2) is 5.82 Å². The van der Waals surface area contributed by atoms with E-state index in [0.29, 0.717) is 16.7 Å². The highest BCUT2D eigenvalue weighted by atomic mass is 32.2. The lowest BCUT2D eigenvalue weighted by Crippen LogP contribution is -2.09. The van der Waals surface area contributed by atoms with Crippen LogP contribution in [0.1, 0.15) is 24.7 Å². The molecule has 1 unspecified atom stereocenters. The molecular weight excluding hydrogens is 324 g/mol. The van der Waals surface area contributed by atoms with Crippen LogP contribution in [0, 0.1) is 6.92 Å². The number of hydrogen-bond donors (Lipinski definition) is 1. The summed E-state index contributed by atoms with van der Waals surface area (Å²) in [7, 11) is -1.19. The summed E-state index contributed by atoms with van der Waals surface area (Å²) >= 11 is 0. The third-order valence-electron chi connectivity index (χ3n) is 3.83. The number of nitrogens with zero attached hydrogens (tertiary/aromatic N) is 5. The topological polar surface area (TPSA) is 99.6 Å². The molecule has 3 rings (SSSR count). The average molecular weight is 344 g/mol. The van der Waals surface area contributed by atoms with Crippen molar-refractivity contribution < 1.29 is 4.21 Å². The molecule has 0 aliphatic heterocycles. The molecule has 0 aromatic carbocycles. The number of pyridine rings is 1. The maximum Gasteiger partial charge on any atom is 0.218 e. The van der Waals surface area contributed by atoms with E-state index in [1.807, 2.05) is 6.92 Å². The Morgan fingerprint density at radius 2 is 2.00 bits per heavy atom. The van der Waals surface area contributed by atoms with Gasteiger partial charge in [0.05, 0.1) is 16.3 Å². The summed E-state index contributed by atoms with van der Waals surface area (Å²) in [6.07, 6.45) is 6.53. The van der Waals surface area contributed by atoms with Crippen LogP contribution in [0.25, 0.3) is 11.0 Å². The Morgan fingerprint density at radius 3 is 2.71 bits per heavy atom. The molecule has 0 saturated heterocycles. The van der Waals surface area contributed by atoms with Crippen molar-refractivity contribution in [2.75, 3.05) is 11.5 Å². The summed E-state index contributed by atoms with van der Waals surface area (Å²) in [5.74, 6) is 1.92. The Hall–Kier alpha value is -2.35. The number of aromatic nitrogens is 5. The minimum atomic E-state index is -1.19. The molecule has 0 saturated carbocycles. The van der Waals surface area contributed by atoms with Crippen LogP contribution in [0.4, 0.5) is 5.82 Å². The number of imidazole rings is 1. The molecule has 126 valence electrons. The van der Waals surface area contributed by atoms with Crippen molar-refractivity contribution in [3.63, 3.8) is 0 Å². The minimum absolute atomic E-state index is 0.383. The first-order chi connectivity index (χ1) is 11.6. The van der Waals surface area contributed by atoms with Gasteiger partial charge in [-0.25, -0.2) is 19.9 Å². The quantitative estimate of drug-likeness (QED) is 0.685. The first-order valence-electron chi connectivity index (χ1n) is 7.87. The van der Waals surface area contributed by atoms with Gasteiger partial charge >= 0.3 is 0 Å². The summed E-state index contributed by atoms with van der Waals surface area (Å²) < 4.78 is 14.4. The van der Waals surface area contributed by atoms with Gasteiger partial charge in [-0.15, -0.1) is 0 Å². The van der Waals surface area contributed by atoms with E-state index < -0.39 is 10.8 Å². The maximum atomic E-state index is 12.2. The Balaban J connectivity index is 1.80. The van der Waals surface area contributed by atoms with Gasteiger partial charge in [0.25, 0.3) is 0 Å². The van der Waals surface area contributed by atoms with Gasteiger partial charge in [0.2, 0.25) is 5.16 Å². The number of rotatable bonds is 6. The van der Waals surface area contributed by atoms with E-state index in [1.165, 1.54) is 0 Å². The third-order valence-corrected chi connectivity index (χ3v) is 5.11. The fraction of sp³-hybridized carbons (Fsp3) is 0.375. The maximum absolute atomic E-state index is 12.2. The van der Waals surface area contributed by atoms with Crippen LogP contribution in [0.15, 0.2) is 29.8 Å². The summed E-state index contributed by atoms with van der Waals surface area (Å²) in [6, 6.07) is 1.72. The highest BCUT2D eigenvalue weighted by Crippen LogP contribution is 2.24. The number of aryl methyl sites for hydroxylation is 3. The molecule has 0 aliphatic carbocycles. The smallest absolute Gasteiger partial charge is 0.218 e. The van der Waals surface area contributed by atoms with Crippen molar-refractivity contribution in [3.05, 3.63) is 36.0 Å². The summed E-state index contributed by atoms with van der Waals surface area (Å²) in [5, 5.41) is 0.383. The first kappa shape index (κ1) is 16.5. The zero-order valence-electron chi connectivity index (χ0n) is 13.8. The monoisotopic (exact) mass is 344 g/mol. The molecule has 3 heterocycles. The van der Waals surface area contributed by atoms with Gasteiger partial charge in [-0.1, -0.05) is 6.92 Å². The molecule has 7 nitrogen and oxygen atoms in total. The van der Waals surface area contributed by atoms with Crippen LogP contribution < -0.4 is 5.73 Å². The largest absolute Gasteiger partial charge is 0.382 e. The lowest BCUT2D eigenvalue weighted by molar-refractivity contribution is 0.643. The van der Waals surface area contributed by atoms with Crippen LogP contribution >= 0.6 is 0 Å². The fourth-order valence-electron chi connectivity index (χ4n) is 2.72. The van der Waals surface area contributed by atoms with Crippen LogP contribution in [-0.2, 0) is 23.8 Å².